The lowest BCUT2D eigenvalue weighted by molar-refractivity contribution is -0.193. The minimum atomic E-state index is -0.352. The summed E-state index contributed by atoms with van der Waals surface area (Å²) in [6, 6.07) is 0.0324. The number of hydroxylamine groups is 2. The van der Waals surface area contributed by atoms with Gasteiger partial charge in [0.15, 0.2) is 0 Å². The van der Waals surface area contributed by atoms with E-state index in [4.69, 9.17) is 0 Å². The second-order valence-corrected chi connectivity index (χ2v) is 4.90. The molecule has 0 amide bonds. The van der Waals surface area contributed by atoms with Crippen LogP contribution in [0.2, 0.25) is 0 Å². The molecule has 1 aliphatic rings. The molecular weight excluding hydrogens is 184 g/mol. The molecule has 1 unspecified atom stereocenters. The largest absolute Gasteiger partial charge is 0.313 e. The van der Waals surface area contributed by atoms with Crippen molar-refractivity contribution in [1.82, 2.24) is 5.06 Å². The Morgan fingerprint density at radius 3 is 2.31 bits per heavy atom. The van der Waals surface area contributed by atoms with Gasteiger partial charge in [-0.2, -0.15) is 5.06 Å². The van der Waals surface area contributed by atoms with E-state index in [1.54, 1.807) is 0 Å². The molecule has 1 N–H and O–H groups in total. The molecule has 3 nitrogen and oxygen atoms in total. The molecule has 0 aromatic heterocycles. The van der Waals surface area contributed by atoms with Gasteiger partial charge in [0.1, 0.15) is 0 Å². The van der Waals surface area contributed by atoms with Gasteiger partial charge in [0, 0.05) is 5.54 Å². The molecule has 1 atom stereocenters. The number of thiocarbonyl (C=S) groups is 1. The van der Waals surface area contributed by atoms with Crippen molar-refractivity contribution in [2.24, 2.45) is 4.99 Å². The van der Waals surface area contributed by atoms with Gasteiger partial charge in [-0.25, -0.2) is 4.99 Å². The molecular formula is C9H16N2OS. The van der Waals surface area contributed by atoms with Crippen LogP contribution in [-0.4, -0.2) is 32.6 Å². The third-order valence-corrected chi connectivity index (χ3v) is 2.94. The molecule has 0 aromatic rings. The minimum absolute atomic E-state index is 0.0324. The maximum absolute atomic E-state index is 9.89. The molecule has 1 aliphatic heterocycles. The number of hydrogen-bond acceptors (Lipinski definition) is 4. The van der Waals surface area contributed by atoms with Crippen molar-refractivity contribution in [2.75, 3.05) is 0 Å². The van der Waals surface area contributed by atoms with Crippen LogP contribution in [0.15, 0.2) is 4.99 Å². The predicted molar refractivity (Wildman–Crippen MR) is 55.2 cm³/mol. The van der Waals surface area contributed by atoms with Crippen molar-refractivity contribution >= 4 is 17.4 Å². The smallest absolute Gasteiger partial charge is 0.0822 e. The Morgan fingerprint density at radius 2 is 2.00 bits per heavy atom. The van der Waals surface area contributed by atoms with Crippen molar-refractivity contribution in [2.45, 2.75) is 51.2 Å². The fourth-order valence-corrected chi connectivity index (χ4v) is 2.13. The van der Waals surface area contributed by atoms with Crippen LogP contribution in [0.4, 0.5) is 0 Å². The predicted octanol–water partition coefficient (Wildman–Crippen LogP) is 2.11. The summed E-state index contributed by atoms with van der Waals surface area (Å²) in [6.07, 6.45) is 0.806. The quantitative estimate of drug-likeness (QED) is 0.520. The molecule has 1 saturated heterocycles. The number of nitrogens with zero attached hydrogens (tertiary/aromatic N) is 2. The summed E-state index contributed by atoms with van der Waals surface area (Å²) in [5, 5.41) is 13.7. The lowest BCUT2D eigenvalue weighted by atomic mass is 9.95. The van der Waals surface area contributed by atoms with Crippen LogP contribution >= 0.6 is 12.2 Å². The van der Waals surface area contributed by atoms with E-state index in [-0.39, 0.29) is 17.1 Å². The molecule has 74 valence electrons. The van der Waals surface area contributed by atoms with E-state index in [1.165, 1.54) is 5.06 Å². The molecule has 1 rings (SSSR count). The van der Waals surface area contributed by atoms with Crippen molar-refractivity contribution in [3.05, 3.63) is 0 Å². The molecule has 0 spiro atoms. The van der Waals surface area contributed by atoms with Crippen LogP contribution in [-0.2, 0) is 0 Å². The first-order valence-electron chi connectivity index (χ1n) is 4.38. The molecule has 1 fully saturated rings. The highest BCUT2D eigenvalue weighted by atomic mass is 32.1. The number of isothiocyanates is 1. The van der Waals surface area contributed by atoms with Gasteiger partial charge in [-0.1, -0.05) is 0 Å². The number of hydrogen-bond donors (Lipinski definition) is 1. The fraction of sp³-hybridized carbons (Fsp3) is 0.889. The summed E-state index contributed by atoms with van der Waals surface area (Å²) < 4.78 is 0. The normalized spacial score (nSPS) is 31.3. The van der Waals surface area contributed by atoms with Gasteiger partial charge >= 0.3 is 0 Å². The SMILES string of the molecule is CC1(C)CC(N=C=S)C(C)(C)N1O. The lowest BCUT2D eigenvalue weighted by Crippen LogP contribution is -2.48. The van der Waals surface area contributed by atoms with Crippen LogP contribution in [0.3, 0.4) is 0 Å². The van der Waals surface area contributed by atoms with E-state index in [1.807, 2.05) is 27.7 Å². The summed E-state index contributed by atoms with van der Waals surface area (Å²) in [6.45, 7) is 7.91. The van der Waals surface area contributed by atoms with E-state index in [9.17, 15) is 5.21 Å². The maximum Gasteiger partial charge on any atom is 0.0822 e. The van der Waals surface area contributed by atoms with Crippen LogP contribution in [0.5, 0.6) is 0 Å². The van der Waals surface area contributed by atoms with E-state index in [0.29, 0.717) is 0 Å². The van der Waals surface area contributed by atoms with Gasteiger partial charge in [-0.3, -0.25) is 0 Å². The molecule has 0 bridgehead atoms. The maximum atomic E-state index is 9.89. The average Bonchev–Trinajstić information content (AvgIpc) is 2.14. The van der Waals surface area contributed by atoms with E-state index >= 15 is 0 Å². The highest BCUT2D eigenvalue weighted by molar-refractivity contribution is 7.78. The van der Waals surface area contributed by atoms with Gasteiger partial charge < -0.3 is 5.21 Å². The van der Waals surface area contributed by atoms with Gasteiger partial charge in [-0.15, -0.1) is 0 Å². The molecule has 13 heavy (non-hydrogen) atoms. The van der Waals surface area contributed by atoms with Crippen molar-refractivity contribution in [3.63, 3.8) is 0 Å². The zero-order chi connectivity index (χ0) is 10.3. The highest BCUT2D eigenvalue weighted by Gasteiger charge is 2.51. The summed E-state index contributed by atoms with van der Waals surface area (Å²) in [4.78, 5) is 4.09. The summed E-state index contributed by atoms with van der Waals surface area (Å²) in [5.74, 6) is 0. The Labute approximate surface area is 84.4 Å². The van der Waals surface area contributed by atoms with Crippen LogP contribution in [0, 0.1) is 0 Å². The van der Waals surface area contributed by atoms with Crippen LogP contribution in [0.1, 0.15) is 34.1 Å². The zero-order valence-electron chi connectivity index (χ0n) is 8.53. The Kier molecular flexibility index (Phi) is 2.61. The van der Waals surface area contributed by atoms with E-state index in [0.717, 1.165) is 6.42 Å². The standard InChI is InChI=1S/C9H16N2OS/c1-8(2)5-7(10-6-13)9(3,4)11(8)12/h7,12H,5H2,1-4H3. The van der Waals surface area contributed by atoms with Gasteiger partial charge in [0.2, 0.25) is 0 Å². The molecule has 1 heterocycles. The third-order valence-electron chi connectivity index (χ3n) is 2.84. The van der Waals surface area contributed by atoms with Gasteiger partial charge in [0.05, 0.1) is 16.7 Å². The fourth-order valence-electron chi connectivity index (χ4n) is 2.00. The number of aliphatic imine (C=N–C) groups is 1. The van der Waals surface area contributed by atoms with Gasteiger partial charge in [-0.05, 0) is 46.3 Å². The molecule has 4 heteroatoms. The Bertz CT molecular complexity index is 256. The third kappa shape index (κ3) is 1.67. The first-order chi connectivity index (χ1) is 5.82. The van der Waals surface area contributed by atoms with E-state index < -0.39 is 0 Å². The topological polar surface area (TPSA) is 35.8 Å². The summed E-state index contributed by atoms with van der Waals surface area (Å²) in [7, 11) is 0. The van der Waals surface area contributed by atoms with Crippen molar-refractivity contribution in [3.8, 4) is 0 Å². The molecule has 0 aromatic carbocycles. The monoisotopic (exact) mass is 200 g/mol. The highest BCUT2D eigenvalue weighted by Crippen LogP contribution is 2.40. The molecule has 0 radical (unpaired) electrons. The van der Waals surface area contributed by atoms with Crippen molar-refractivity contribution < 1.29 is 5.21 Å². The number of rotatable bonds is 1. The molecule has 0 aliphatic carbocycles. The lowest BCUT2D eigenvalue weighted by Gasteiger charge is -2.34. The Morgan fingerprint density at radius 1 is 1.46 bits per heavy atom. The van der Waals surface area contributed by atoms with Gasteiger partial charge in [0.25, 0.3) is 0 Å². The van der Waals surface area contributed by atoms with E-state index in [2.05, 4.69) is 22.4 Å². The average molecular weight is 200 g/mol. The Hall–Kier alpha value is -0.280. The van der Waals surface area contributed by atoms with Crippen LogP contribution < -0.4 is 0 Å². The summed E-state index contributed by atoms with van der Waals surface area (Å²) >= 11 is 4.59. The second-order valence-electron chi connectivity index (χ2n) is 4.72. The molecule has 0 saturated carbocycles. The van der Waals surface area contributed by atoms with Crippen molar-refractivity contribution in [1.29, 1.82) is 0 Å². The van der Waals surface area contributed by atoms with Crippen LogP contribution in [0.25, 0.3) is 0 Å². The zero-order valence-corrected chi connectivity index (χ0v) is 9.35. The first-order valence-corrected chi connectivity index (χ1v) is 4.79. The second kappa shape index (κ2) is 3.14. The minimum Gasteiger partial charge on any atom is -0.313 e. The Balaban J connectivity index is 2.99. The first kappa shape index (κ1) is 10.8. The summed E-state index contributed by atoms with van der Waals surface area (Å²) in [5.41, 5.74) is -0.584.